The maximum absolute atomic E-state index is 12.3. The van der Waals surface area contributed by atoms with E-state index in [1.165, 1.54) is 32.1 Å². The number of carbonyl (C=O) groups is 2. The fourth-order valence-corrected chi connectivity index (χ4v) is 7.24. The summed E-state index contributed by atoms with van der Waals surface area (Å²) >= 11 is 0. The second kappa shape index (κ2) is 11.2. The number of fused-ring (bicyclic) bond motifs is 5. The molecule has 8 nitrogen and oxygen atoms in total. The standard InChI is InChI=1S/C28H40N4O4/c1-19-29-7-11-31(19)9-5-27(33)35-17-21-3-4-25-23-13-22(14-24(16-23)26(25)15-21)18-36-28(34)6-10-32-12-8-30-20(32)2/h7-8,11-12,21-26H,3-6,9-10,13-18H2,1-2H3. The highest BCUT2D eigenvalue weighted by atomic mass is 16.5. The third-order valence-corrected chi connectivity index (χ3v) is 9.07. The van der Waals surface area contributed by atoms with Gasteiger partial charge in [0.2, 0.25) is 0 Å². The first-order chi connectivity index (χ1) is 17.5. The summed E-state index contributed by atoms with van der Waals surface area (Å²) in [6.07, 6.45) is 15.4. The van der Waals surface area contributed by atoms with Crippen LogP contribution in [0.2, 0.25) is 0 Å². The zero-order chi connectivity index (χ0) is 25.1. The Bertz CT molecular complexity index is 1050. The zero-order valence-corrected chi connectivity index (χ0v) is 21.7. The third-order valence-electron chi connectivity index (χ3n) is 9.07. The first-order valence-corrected chi connectivity index (χ1v) is 13.7. The average molecular weight is 497 g/mol. The number of rotatable bonds is 10. The molecule has 3 saturated carbocycles. The van der Waals surface area contributed by atoms with Crippen LogP contribution >= 0.6 is 0 Å². The van der Waals surface area contributed by atoms with Gasteiger partial charge in [-0.1, -0.05) is 0 Å². The van der Waals surface area contributed by atoms with E-state index in [1.54, 1.807) is 12.4 Å². The molecule has 3 aliphatic rings. The molecule has 0 aromatic carbocycles. The summed E-state index contributed by atoms with van der Waals surface area (Å²) in [5.41, 5.74) is 0. The van der Waals surface area contributed by atoms with E-state index in [-0.39, 0.29) is 11.9 Å². The van der Waals surface area contributed by atoms with Crippen LogP contribution in [0.5, 0.6) is 0 Å². The maximum Gasteiger partial charge on any atom is 0.307 e. The molecule has 6 unspecified atom stereocenters. The molecule has 2 aromatic heterocycles. The molecular formula is C28H40N4O4. The molecule has 0 N–H and O–H groups in total. The van der Waals surface area contributed by atoms with E-state index in [1.807, 2.05) is 35.4 Å². The van der Waals surface area contributed by atoms with E-state index in [9.17, 15) is 9.59 Å². The van der Waals surface area contributed by atoms with Crippen LogP contribution in [-0.2, 0) is 32.2 Å². The van der Waals surface area contributed by atoms with Gasteiger partial charge in [0, 0.05) is 37.9 Å². The number of esters is 2. The van der Waals surface area contributed by atoms with Crippen LogP contribution in [0.1, 0.15) is 63.0 Å². The largest absolute Gasteiger partial charge is 0.465 e. The first kappa shape index (κ1) is 25.0. The summed E-state index contributed by atoms with van der Waals surface area (Å²) in [5, 5.41) is 0. The number of ether oxygens (including phenoxy) is 2. The number of aromatic nitrogens is 4. The highest BCUT2D eigenvalue weighted by Crippen LogP contribution is 2.57. The monoisotopic (exact) mass is 496 g/mol. The predicted molar refractivity (Wildman–Crippen MR) is 134 cm³/mol. The molecule has 5 rings (SSSR count). The summed E-state index contributed by atoms with van der Waals surface area (Å²) in [6, 6.07) is 0. The number of nitrogens with zero attached hydrogens (tertiary/aromatic N) is 4. The number of carbonyl (C=O) groups excluding carboxylic acids is 2. The lowest BCUT2D eigenvalue weighted by atomic mass is 9.72. The van der Waals surface area contributed by atoms with Gasteiger partial charge in [-0.3, -0.25) is 9.59 Å². The van der Waals surface area contributed by atoms with E-state index in [0.29, 0.717) is 51.0 Å². The Hall–Kier alpha value is -2.64. The van der Waals surface area contributed by atoms with Crippen molar-refractivity contribution in [3.8, 4) is 0 Å². The molecule has 2 aromatic rings. The van der Waals surface area contributed by atoms with Gasteiger partial charge < -0.3 is 18.6 Å². The fraction of sp³-hybridized carbons (Fsp3) is 0.714. The van der Waals surface area contributed by atoms with Crippen molar-refractivity contribution in [3.05, 3.63) is 36.4 Å². The Labute approximate surface area is 213 Å². The predicted octanol–water partition coefficient (Wildman–Crippen LogP) is 4.34. The highest BCUT2D eigenvalue weighted by Gasteiger charge is 2.49. The van der Waals surface area contributed by atoms with Crippen LogP contribution in [0, 0.1) is 49.4 Å². The molecule has 0 amide bonds. The van der Waals surface area contributed by atoms with Crippen molar-refractivity contribution in [1.29, 1.82) is 0 Å². The molecule has 2 heterocycles. The second-order valence-electron chi connectivity index (χ2n) is 11.3. The number of imidazole rings is 2. The third kappa shape index (κ3) is 5.84. The zero-order valence-electron chi connectivity index (χ0n) is 21.7. The molecule has 196 valence electrons. The lowest BCUT2D eigenvalue weighted by Crippen LogP contribution is -2.28. The van der Waals surface area contributed by atoms with Crippen molar-refractivity contribution in [2.24, 2.45) is 35.5 Å². The van der Waals surface area contributed by atoms with Crippen molar-refractivity contribution in [2.45, 2.75) is 78.3 Å². The normalized spacial score (nSPS) is 29.1. The Kier molecular flexibility index (Phi) is 7.77. The summed E-state index contributed by atoms with van der Waals surface area (Å²) < 4.78 is 15.4. The van der Waals surface area contributed by atoms with Crippen LogP contribution in [0.15, 0.2) is 24.8 Å². The molecule has 3 aliphatic carbocycles. The van der Waals surface area contributed by atoms with Crippen LogP contribution < -0.4 is 0 Å². The molecule has 0 saturated heterocycles. The van der Waals surface area contributed by atoms with Crippen molar-refractivity contribution in [3.63, 3.8) is 0 Å². The molecule has 3 fully saturated rings. The maximum atomic E-state index is 12.3. The van der Waals surface area contributed by atoms with Crippen molar-refractivity contribution in [1.82, 2.24) is 19.1 Å². The molecule has 2 bridgehead atoms. The second-order valence-corrected chi connectivity index (χ2v) is 11.3. The Morgan fingerprint density at radius 3 is 1.89 bits per heavy atom. The van der Waals surface area contributed by atoms with Gasteiger partial charge in [-0.15, -0.1) is 0 Å². The SMILES string of the molecule is Cc1nccn1CCC(=O)OCC1CC2CC(C1)C1CC(COC(=O)CCn3ccnc3C)CCC21. The van der Waals surface area contributed by atoms with Gasteiger partial charge in [-0.05, 0) is 87.9 Å². The minimum absolute atomic E-state index is 0.108. The van der Waals surface area contributed by atoms with Crippen molar-refractivity contribution >= 4 is 11.9 Å². The van der Waals surface area contributed by atoms with Gasteiger partial charge >= 0.3 is 11.9 Å². The number of aryl methyl sites for hydroxylation is 4. The van der Waals surface area contributed by atoms with Gasteiger partial charge in [0.25, 0.3) is 0 Å². The molecule has 6 atom stereocenters. The van der Waals surface area contributed by atoms with Crippen LogP contribution in [0.3, 0.4) is 0 Å². The number of hydrogen-bond acceptors (Lipinski definition) is 6. The number of hydrogen-bond donors (Lipinski definition) is 0. The molecule has 0 spiro atoms. The van der Waals surface area contributed by atoms with Crippen LogP contribution in [0.4, 0.5) is 0 Å². The summed E-state index contributed by atoms with van der Waals surface area (Å²) in [7, 11) is 0. The molecular weight excluding hydrogens is 456 g/mol. The minimum Gasteiger partial charge on any atom is -0.465 e. The minimum atomic E-state index is -0.111. The highest BCUT2D eigenvalue weighted by molar-refractivity contribution is 5.69. The quantitative estimate of drug-likeness (QED) is 0.455. The van der Waals surface area contributed by atoms with E-state index in [4.69, 9.17) is 9.47 Å². The summed E-state index contributed by atoms with van der Waals surface area (Å²) in [4.78, 5) is 33.0. The lowest BCUT2D eigenvalue weighted by Gasteiger charge is -2.34. The van der Waals surface area contributed by atoms with E-state index in [2.05, 4.69) is 9.97 Å². The topological polar surface area (TPSA) is 88.2 Å². The first-order valence-electron chi connectivity index (χ1n) is 13.7. The van der Waals surface area contributed by atoms with Crippen molar-refractivity contribution < 1.29 is 19.1 Å². The van der Waals surface area contributed by atoms with E-state index in [0.717, 1.165) is 41.7 Å². The van der Waals surface area contributed by atoms with E-state index >= 15 is 0 Å². The molecule has 8 heteroatoms. The average Bonchev–Trinajstić information content (AvgIpc) is 3.56. The van der Waals surface area contributed by atoms with E-state index < -0.39 is 0 Å². The lowest BCUT2D eigenvalue weighted by molar-refractivity contribution is -0.147. The van der Waals surface area contributed by atoms with Gasteiger partial charge in [0.1, 0.15) is 11.6 Å². The molecule has 0 aliphatic heterocycles. The van der Waals surface area contributed by atoms with Crippen molar-refractivity contribution in [2.75, 3.05) is 13.2 Å². The summed E-state index contributed by atoms with van der Waals surface area (Å²) in [6.45, 7) is 6.26. The van der Waals surface area contributed by atoms with Gasteiger partial charge in [-0.2, -0.15) is 0 Å². The van der Waals surface area contributed by atoms with Gasteiger partial charge in [0.05, 0.1) is 26.1 Å². The summed E-state index contributed by atoms with van der Waals surface area (Å²) in [5.74, 6) is 5.64. The molecule has 0 radical (unpaired) electrons. The Morgan fingerprint density at radius 1 is 0.778 bits per heavy atom. The van der Waals surface area contributed by atoms with Gasteiger partial charge in [0.15, 0.2) is 0 Å². The fourth-order valence-electron chi connectivity index (χ4n) is 7.24. The van der Waals surface area contributed by atoms with Crippen LogP contribution in [0.25, 0.3) is 0 Å². The molecule has 36 heavy (non-hydrogen) atoms. The smallest absolute Gasteiger partial charge is 0.307 e. The van der Waals surface area contributed by atoms with Gasteiger partial charge in [-0.25, -0.2) is 9.97 Å². The Morgan fingerprint density at radius 2 is 1.33 bits per heavy atom. The van der Waals surface area contributed by atoms with Crippen LogP contribution in [-0.4, -0.2) is 44.3 Å². The Balaban J connectivity index is 1.03.